The van der Waals surface area contributed by atoms with Crippen LogP contribution in [0.25, 0.3) is 10.9 Å². The third kappa shape index (κ3) is 6.73. The maximum absolute atomic E-state index is 14.3. The SMILES string of the molecule is O=C(NC1N=C(c2ccccc2)c2cccc3c2N(CCN3C(=O)CCC(=O)N2CCC[C@H]2C(=O)OCc2ccccc2)C1=O)c1cc2ccccc2[nH]1. The lowest BCUT2D eigenvalue weighted by atomic mass is 9.97. The molecule has 12 nitrogen and oxygen atoms in total. The van der Waals surface area contributed by atoms with Crippen molar-refractivity contribution in [2.45, 2.75) is 44.5 Å². The number of nitrogens with one attached hydrogen (secondary N) is 2. The van der Waals surface area contributed by atoms with Gasteiger partial charge in [0.05, 0.1) is 17.1 Å². The highest BCUT2D eigenvalue weighted by Crippen LogP contribution is 2.40. The number of carbonyl (C=O) groups is 5. The first-order valence-corrected chi connectivity index (χ1v) is 18.1. The van der Waals surface area contributed by atoms with Gasteiger partial charge in [-0.15, -0.1) is 0 Å². The first kappa shape index (κ1) is 34.5. The number of rotatable bonds is 9. The first-order chi connectivity index (χ1) is 26.4. The van der Waals surface area contributed by atoms with Crippen LogP contribution in [0, 0.1) is 0 Å². The van der Waals surface area contributed by atoms with Crippen LogP contribution in [0.4, 0.5) is 11.4 Å². The van der Waals surface area contributed by atoms with Crippen LogP contribution in [0.2, 0.25) is 0 Å². The molecule has 5 aromatic rings. The summed E-state index contributed by atoms with van der Waals surface area (Å²) in [7, 11) is 0. The molecule has 4 heterocycles. The molecule has 4 amide bonds. The van der Waals surface area contributed by atoms with Crippen molar-refractivity contribution in [3.05, 3.63) is 132 Å². The van der Waals surface area contributed by atoms with Gasteiger partial charge in [-0.05, 0) is 36.6 Å². The van der Waals surface area contributed by atoms with Gasteiger partial charge in [0.1, 0.15) is 18.3 Å². The van der Waals surface area contributed by atoms with Crippen LogP contribution in [0.5, 0.6) is 0 Å². The van der Waals surface area contributed by atoms with Crippen molar-refractivity contribution >= 4 is 57.6 Å². The van der Waals surface area contributed by atoms with Gasteiger partial charge < -0.3 is 29.7 Å². The monoisotopic (exact) mass is 722 g/mol. The van der Waals surface area contributed by atoms with Crippen LogP contribution in [0.3, 0.4) is 0 Å². The molecule has 0 aliphatic carbocycles. The number of carbonyl (C=O) groups excluding carboxylic acids is 5. The van der Waals surface area contributed by atoms with Crippen LogP contribution in [-0.4, -0.2) is 77.0 Å². The minimum atomic E-state index is -1.24. The van der Waals surface area contributed by atoms with Gasteiger partial charge in [0, 0.05) is 54.5 Å². The molecular formula is C42H38N6O6. The highest BCUT2D eigenvalue weighted by molar-refractivity contribution is 6.23. The van der Waals surface area contributed by atoms with Gasteiger partial charge in [-0.2, -0.15) is 0 Å². The molecule has 8 rings (SSSR count). The third-order valence-electron chi connectivity index (χ3n) is 10.1. The van der Waals surface area contributed by atoms with E-state index in [4.69, 9.17) is 9.73 Å². The number of likely N-dealkylation sites (tertiary alicyclic amines) is 1. The summed E-state index contributed by atoms with van der Waals surface area (Å²) in [5.41, 5.74) is 4.86. The summed E-state index contributed by atoms with van der Waals surface area (Å²) in [6, 6.07) is 32.8. The minimum absolute atomic E-state index is 0.0753. The summed E-state index contributed by atoms with van der Waals surface area (Å²) in [4.78, 5) is 80.9. The third-order valence-corrected chi connectivity index (χ3v) is 10.1. The fraction of sp³-hybridized carbons (Fsp3) is 0.238. The van der Waals surface area contributed by atoms with Crippen molar-refractivity contribution < 1.29 is 28.7 Å². The molecule has 0 bridgehead atoms. The molecule has 12 heteroatoms. The van der Waals surface area contributed by atoms with Crippen LogP contribution in [0.1, 0.15) is 52.9 Å². The Morgan fingerprint density at radius 1 is 0.815 bits per heavy atom. The Labute approximate surface area is 311 Å². The van der Waals surface area contributed by atoms with Crippen LogP contribution in [0.15, 0.2) is 114 Å². The molecule has 0 saturated carbocycles. The average Bonchev–Trinajstić information content (AvgIpc) is 3.87. The Hall–Kier alpha value is -6.56. The summed E-state index contributed by atoms with van der Waals surface area (Å²) in [6.45, 7) is 0.877. The number of aliphatic imine (C=N–C) groups is 1. The lowest BCUT2D eigenvalue weighted by molar-refractivity contribution is -0.154. The molecule has 54 heavy (non-hydrogen) atoms. The van der Waals surface area contributed by atoms with Crippen molar-refractivity contribution in [1.29, 1.82) is 0 Å². The van der Waals surface area contributed by atoms with E-state index >= 15 is 0 Å². The largest absolute Gasteiger partial charge is 0.459 e. The number of esters is 1. The van der Waals surface area contributed by atoms with Gasteiger partial charge in [-0.25, -0.2) is 9.79 Å². The standard InChI is InChI=1S/C42H38N6O6/c49-35(46-22-10-19-34(46)42(53)54-26-27-11-3-1-4-12-27)20-21-36(50)47-23-24-48-38-30(16-9-18-33(38)47)37(28-13-5-2-6-14-28)44-39(41(48)52)45-40(51)32-25-29-15-7-8-17-31(29)43-32/h1-9,11-18,25,34,39,43H,10,19-24,26H2,(H,45,51)/t34-,39?/m0/s1. The van der Waals surface area contributed by atoms with Crippen molar-refractivity contribution in [2.24, 2.45) is 4.99 Å². The number of fused-ring (bicyclic) bond motifs is 1. The number of amides is 4. The zero-order valence-electron chi connectivity index (χ0n) is 29.4. The molecule has 1 aromatic heterocycles. The number of aromatic amines is 1. The normalized spacial score (nSPS) is 17.8. The number of H-pyrrole nitrogens is 1. The molecular weight excluding hydrogens is 684 g/mol. The molecule has 1 fully saturated rings. The second kappa shape index (κ2) is 14.8. The van der Waals surface area contributed by atoms with Gasteiger partial charge in [0.15, 0.2) is 0 Å². The summed E-state index contributed by atoms with van der Waals surface area (Å²) in [5.74, 6) is -1.92. The van der Waals surface area contributed by atoms with E-state index in [9.17, 15) is 24.0 Å². The number of anilines is 2. The molecule has 2 atom stereocenters. The van der Waals surface area contributed by atoms with Gasteiger partial charge in [-0.3, -0.25) is 19.2 Å². The zero-order valence-corrected chi connectivity index (χ0v) is 29.4. The molecule has 0 spiro atoms. The van der Waals surface area contributed by atoms with Crippen LogP contribution >= 0.6 is 0 Å². The fourth-order valence-corrected chi connectivity index (χ4v) is 7.48. The molecule has 2 N–H and O–H groups in total. The van der Waals surface area contributed by atoms with Gasteiger partial charge in [-0.1, -0.05) is 91.0 Å². The number of para-hydroxylation sites is 2. The molecule has 1 saturated heterocycles. The molecule has 0 radical (unpaired) electrons. The van der Waals surface area contributed by atoms with E-state index in [1.165, 1.54) is 4.90 Å². The highest BCUT2D eigenvalue weighted by atomic mass is 16.5. The van der Waals surface area contributed by atoms with Crippen molar-refractivity contribution in [3.8, 4) is 0 Å². The van der Waals surface area contributed by atoms with Crippen LogP contribution in [-0.2, 0) is 30.5 Å². The van der Waals surface area contributed by atoms with Crippen molar-refractivity contribution in [3.63, 3.8) is 0 Å². The molecule has 272 valence electrons. The topological polar surface area (TPSA) is 144 Å². The Morgan fingerprint density at radius 2 is 1.56 bits per heavy atom. The molecule has 3 aliphatic rings. The maximum Gasteiger partial charge on any atom is 0.329 e. The van der Waals surface area contributed by atoms with E-state index in [0.29, 0.717) is 47.7 Å². The van der Waals surface area contributed by atoms with Gasteiger partial charge in [0.25, 0.3) is 11.8 Å². The van der Waals surface area contributed by atoms with E-state index in [0.717, 1.165) is 22.0 Å². The van der Waals surface area contributed by atoms with Gasteiger partial charge in [0.2, 0.25) is 18.0 Å². The second-order valence-electron chi connectivity index (χ2n) is 13.5. The lowest BCUT2D eigenvalue weighted by Crippen LogP contribution is -2.52. The first-order valence-electron chi connectivity index (χ1n) is 18.1. The predicted molar refractivity (Wildman–Crippen MR) is 203 cm³/mol. The van der Waals surface area contributed by atoms with E-state index in [1.807, 2.05) is 97.1 Å². The van der Waals surface area contributed by atoms with Crippen LogP contribution < -0.4 is 15.1 Å². The van der Waals surface area contributed by atoms with E-state index in [-0.39, 0.29) is 44.4 Å². The van der Waals surface area contributed by atoms with E-state index in [2.05, 4.69) is 10.3 Å². The Bertz CT molecular complexity index is 2250. The van der Waals surface area contributed by atoms with Gasteiger partial charge >= 0.3 is 5.97 Å². The lowest BCUT2D eigenvalue weighted by Gasteiger charge is -2.37. The average molecular weight is 723 g/mol. The predicted octanol–water partition coefficient (Wildman–Crippen LogP) is 4.97. The Morgan fingerprint density at radius 3 is 2.35 bits per heavy atom. The second-order valence-corrected chi connectivity index (χ2v) is 13.5. The quantitative estimate of drug-likeness (QED) is 0.206. The Balaban J connectivity index is 1.01. The van der Waals surface area contributed by atoms with E-state index in [1.54, 1.807) is 21.9 Å². The van der Waals surface area contributed by atoms with Crippen molar-refractivity contribution in [1.82, 2.24) is 15.2 Å². The zero-order chi connectivity index (χ0) is 37.2. The number of hydrogen-bond donors (Lipinski definition) is 2. The maximum atomic E-state index is 14.3. The Kier molecular flexibility index (Phi) is 9.47. The number of nitrogens with zero attached hydrogens (tertiary/aromatic N) is 4. The number of hydrogen-bond acceptors (Lipinski definition) is 7. The summed E-state index contributed by atoms with van der Waals surface area (Å²) < 4.78 is 5.54. The molecule has 1 unspecified atom stereocenters. The summed E-state index contributed by atoms with van der Waals surface area (Å²) >= 11 is 0. The summed E-state index contributed by atoms with van der Waals surface area (Å²) in [6.07, 6.45) is -0.221. The number of benzene rings is 4. The van der Waals surface area contributed by atoms with E-state index < -0.39 is 30.0 Å². The summed E-state index contributed by atoms with van der Waals surface area (Å²) in [5, 5.41) is 3.71. The van der Waals surface area contributed by atoms with Crippen molar-refractivity contribution in [2.75, 3.05) is 29.4 Å². The smallest absolute Gasteiger partial charge is 0.329 e. The molecule has 3 aliphatic heterocycles. The minimum Gasteiger partial charge on any atom is -0.459 e. The number of ether oxygens (including phenoxy) is 1. The molecule has 4 aromatic carbocycles. The number of aromatic nitrogens is 1. The highest BCUT2D eigenvalue weighted by Gasteiger charge is 2.40. The fourth-order valence-electron chi connectivity index (χ4n) is 7.48.